The summed E-state index contributed by atoms with van der Waals surface area (Å²) in [7, 11) is 0. The van der Waals surface area contributed by atoms with Gasteiger partial charge in [0, 0.05) is 61.8 Å². The molecule has 0 saturated heterocycles. The van der Waals surface area contributed by atoms with Crippen molar-refractivity contribution in [2.75, 3.05) is 36.8 Å². The third-order valence-electron chi connectivity index (χ3n) is 7.85. The number of hydrogen-bond acceptors (Lipinski definition) is 8. The first-order chi connectivity index (χ1) is 27.5. The molecular weight excluding hydrogens is 745 g/mol. The minimum Gasteiger partial charge on any atom is -0.444 e. The summed E-state index contributed by atoms with van der Waals surface area (Å²) in [6, 6.07) is 19.8. The number of amides is 8. The fourth-order valence-corrected chi connectivity index (χ4v) is 5.02. The predicted octanol–water partition coefficient (Wildman–Crippen LogP) is 6.40. The smallest absolute Gasteiger partial charge is 0.407 e. The molecule has 8 amide bonds. The first-order valence-electron chi connectivity index (χ1n) is 19.3. The lowest BCUT2D eigenvalue weighted by atomic mass is 10.1. The second kappa shape index (κ2) is 23.0. The summed E-state index contributed by atoms with van der Waals surface area (Å²) in [5.41, 5.74) is 2.55. The number of urea groups is 2. The summed E-state index contributed by atoms with van der Waals surface area (Å²) < 4.78 is 10.4. The molecular formula is C42H58N8O8. The van der Waals surface area contributed by atoms with Gasteiger partial charge in [-0.2, -0.15) is 0 Å². The molecule has 0 heterocycles. The molecule has 3 rings (SSSR count). The molecule has 314 valence electrons. The molecule has 58 heavy (non-hydrogen) atoms. The summed E-state index contributed by atoms with van der Waals surface area (Å²) in [6.45, 7) is 13.1. The Morgan fingerprint density at radius 1 is 0.431 bits per heavy atom. The van der Waals surface area contributed by atoms with E-state index in [4.69, 9.17) is 9.47 Å². The summed E-state index contributed by atoms with van der Waals surface area (Å²) in [5, 5.41) is 22.2. The molecule has 0 saturated carbocycles. The lowest BCUT2D eigenvalue weighted by molar-refractivity contribution is 0.0515. The minimum atomic E-state index is -0.551. The van der Waals surface area contributed by atoms with Crippen molar-refractivity contribution in [1.29, 1.82) is 0 Å². The minimum absolute atomic E-state index is 0.264. The molecule has 0 radical (unpaired) electrons. The van der Waals surface area contributed by atoms with E-state index >= 15 is 0 Å². The molecule has 0 bridgehead atoms. The molecule has 3 aromatic carbocycles. The molecule has 16 heteroatoms. The zero-order valence-electron chi connectivity index (χ0n) is 34.3. The Morgan fingerprint density at radius 3 is 1.05 bits per heavy atom. The zero-order valence-corrected chi connectivity index (χ0v) is 34.3. The van der Waals surface area contributed by atoms with Gasteiger partial charge in [0.15, 0.2) is 0 Å². The number of ether oxygens (including phenoxy) is 2. The van der Waals surface area contributed by atoms with Gasteiger partial charge in [0.25, 0.3) is 11.8 Å². The Kier molecular flexibility index (Phi) is 18.3. The topological polar surface area (TPSA) is 217 Å². The SMILES string of the molecule is CC(C)(C)OC(=O)NCCCCNC(=O)Nc1ccc(CNC(=O)c2ccc(C(=O)NCc3ccc(NC(=O)NCCCCNC(=O)OC(C)(C)C)cc3)cc2)cc1. The monoisotopic (exact) mass is 802 g/mol. The van der Waals surface area contributed by atoms with Crippen LogP contribution in [0.3, 0.4) is 0 Å². The zero-order chi connectivity index (χ0) is 42.6. The third kappa shape index (κ3) is 19.5. The molecule has 0 fully saturated rings. The van der Waals surface area contributed by atoms with Gasteiger partial charge in [0.05, 0.1) is 0 Å². The molecule has 0 aliphatic carbocycles. The number of carbonyl (C=O) groups is 6. The summed E-state index contributed by atoms with van der Waals surface area (Å²) in [5.74, 6) is -0.602. The maximum Gasteiger partial charge on any atom is 0.407 e. The van der Waals surface area contributed by atoms with Crippen molar-refractivity contribution >= 4 is 47.4 Å². The maximum absolute atomic E-state index is 12.8. The number of benzene rings is 3. The van der Waals surface area contributed by atoms with E-state index in [0.717, 1.165) is 11.1 Å². The van der Waals surface area contributed by atoms with Crippen LogP contribution in [0.25, 0.3) is 0 Å². The lowest BCUT2D eigenvalue weighted by Crippen LogP contribution is -2.33. The highest BCUT2D eigenvalue weighted by atomic mass is 16.6. The number of alkyl carbamates (subject to hydrolysis) is 2. The predicted molar refractivity (Wildman–Crippen MR) is 223 cm³/mol. The molecule has 0 aliphatic rings. The van der Waals surface area contributed by atoms with Gasteiger partial charge in [-0.05, 0) is 127 Å². The molecule has 16 nitrogen and oxygen atoms in total. The fraction of sp³-hybridized carbons (Fsp3) is 0.429. The Morgan fingerprint density at radius 2 is 0.741 bits per heavy atom. The first kappa shape index (κ1) is 46.1. The van der Waals surface area contributed by atoms with Crippen LogP contribution in [0, 0.1) is 0 Å². The Balaban J connectivity index is 1.29. The van der Waals surface area contributed by atoms with Gasteiger partial charge >= 0.3 is 24.2 Å². The number of carbonyl (C=O) groups excluding carboxylic acids is 6. The number of rotatable bonds is 18. The molecule has 3 aromatic rings. The molecule has 0 aliphatic heterocycles. The van der Waals surface area contributed by atoms with E-state index in [1.807, 2.05) is 0 Å². The van der Waals surface area contributed by atoms with Gasteiger partial charge in [-0.25, -0.2) is 19.2 Å². The standard InChI is InChI=1S/C42H58N8O8/c1-41(2,3)57-39(55)45-25-9-7-23-43-37(53)49-33-19-11-29(12-20-33)27-47-35(51)31-15-17-32(18-16-31)36(52)48-28-30-13-21-34(22-14-30)50-38(54)44-24-8-10-26-46-40(56)58-42(4,5)6/h11-22H,7-10,23-28H2,1-6H3,(H,45,55)(H,46,56)(H,47,51)(H,48,52)(H2,43,49,53)(H2,44,50,54). The van der Waals surface area contributed by atoms with E-state index in [0.29, 0.717) is 74.4 Å². The highest BCUT2D eigenvalue weighted by Gasteiger charge is 2.16. The van der Waals surface area contributed by atoms with Crippen molar-refractivity contribution in [1.82, 2.24) is 31.9 Å². The average Bonchev–Trinajstić information content (AvgIpc) is 3.15. The van der Waals surface area contributed by atoms with Crippen LogP contribution in [0.5, 0.6) is 0 Å². The van der Waals surface area contributed by atoms with Crippen LogP contribution in [-0.2, 0) is 22.6 Å². The summed E-state index contributed by atoms with van der Waals surface area (Å²) in [6.07, 6.45) is 1.80. The second-order valence-electron chi connectivity index (χ2n) is 15.4. The largest absolute Gasteiger partial charge is 0.444 e. The molecule has 0 atom stereocenters. The molecule has 8 N–H and O–H groups in total. The van der Waals surface area contributed by atoms with Crippen molar-refractivity contribution in [3.8, 4) is 0 Å². The van der Waals surface area contributed by atoms with Crippen LogP contribution in [-0.4, -0.2) is 73.4 Å². The molecule has 0 unspecified atom stereocenters. The van der Waals surface area contributed by atoms with Crippen LogP contribution >= 0.6 is 0 Å². The van der Waals surface area contributed by atoms with Gasteiger partial charge < -0.3 is 52.0 Å². The van der Waals surface area contributed by atoms with E-state index in [9.17, 15) is 28.8 Å². The highest BCUT2D eigenvalue weighted by Crippen LogP contribution is 2.13. The van der Waals surface area contributed by atoms with Gasteiger partial charge in [-0.1, -0.05) is 24.3 Å². The van der Waals surface area contributed by atoms with Gasteiger partial charge in [0.2, 0.25) is 0 Å². The van der Waals surface area contributed by atoms with Crippen LogP contribution in [0.4, 0.5) is 30.6 Å². The van der Waals surface area contributed by atoms with Crippen molar-refractivity contribution in [3.05, 3.63) is 95.1 Å². The van der Waals surface area contributed by atoms with Crippen LogP contribution in [0.1, 0.15) is 99.1 Å². The Bertz CT molecular complexity index is 1670. The molecule has 0 spiro atoms. The Hall–Kier alpha value is -6.32. The molecule has 0 aromatic heterocycles. The number of anilines is 2. The van der Waals surface area contributed by atoms with Gasteiger partial charge in [-0.15, -0.1) is 0 Å². The van der Waals surface area contributed by atoms with E-state index < -0.39 is 23.4 Å². The highest BCUT2D eigenvalue weighted by molar-refractivity contribution is 5.98. The summed E-state index contributed by atoms with van der Waals surface area (Å²) >= 11 is 0. The van der Waals surface area contributed by atoms with Crippen LogP contribution < -0.4 is 42.5 Å². The van der Waals surface area contributed by atoms with E-state index in [2.05, 4.69) is 42.5 Å². The van der Waals surface area contributed by atoms with Crippen molar-refractivity contribution < 1.29 is 38.2 Å². The average molecular weight is 803 g/mol. The quantitative estimate of drug-likeness (QED) is 0.0672. The van der Waals surface area contributed by atoms with E-state index in [1.165, 1.54) is 0 Å². The van der Waals surface area contributed by atoms with Gasteiger partial charge in [0.1, 0.15) is 11.2 Å². The number of unbranched alkanes of at least 4 members (excludes halogenated alkanes) is 2. The van der Waals surface area contributed by atoms with Crippen molar-refractivity contribution in [2.45, 2.75) is 91.5 Å². The van der Waals surface area contributed by atoms with Crippen molar-refractivity contribution in [3.63, 3.8) is 0 Å². The van der Waals surface area contributed by atoms with Gasteiger partial charge in [-0.3, -0.25) is 9.59 Å². The lowest BCUT2D eigenvalue weighted by Gasteiger charge is -2.19. The Labute approximate surface area is 340 Å². The van der Waals surface area contributed by atoms with Crippen molar-refractivity contribution in [2.24, 2.45) is 0 Å². The summed E-state index contributed by atoms with van der Waals surface area (Å²) in [4.78, 5) is 73.3. The maximum atomic E-state index is 12.8. The van der Waals surface area contributed by atoms with Crippen LogP contribution in [0.2, 0.25) is 0 Å². The third-order valence-corrected chi connectivity index (χ3v) is 7.85. The van der Waals surface area contributed by atoms with E-state index in [1.54, 1.807) is 114 Å². The second-order valence-corrected chi connectivity index (χ2v) is 15.4. The van der Waals surface area contributed by atoms with E-state index in [-0.39, 0.29) is 37.0 Å². The fourth-order valence-electron chi connectivity index (χ4n) is 5.02. The normalized spacial score (nSPS) is 11.0. The van der Waals surface area contributed by atoms with Crippen LogP contribution in [0.15, 0.2) is 72.8 Å². The first-order valence-corrected chi connectivity index (χ1v) is 19.3. The number of nitrogens with one attached hydrogen (secondary N) is 8. The number of hydrogen-bond donors (Lipinski definition) is 8.